The molecule has 0 saturated carbocycles. The Morgan fingerprint density at radius 2 is 2.18 bits per heavy atom. The normalized spacial score (nSPS) is 10.0. The van der Waals surface area contributed by atoms with Crippen LogP contribution in [0.3, 0.4) is 0 Å². The van der Waals surface area contributed by atoms with Gasteiger partial charge in [-0.2, -0.15) is 0 Å². The minimum Gasteiger partial charge on any atom is -0.310 e. The Bertz CT molecular complexity index is 530. The number of amides is 1. The van der Waals surface area contributed by atoms with E-state index in [2.05, 4.69) is 25.9 Å². The Morgan fingerprint density at radius 3 is 2.82 bits per heavy atom. The van der Waals surface area contributed by atoms with Gasteiger partial charge in [-0.25, -0.2) is 4.98 Å². The van der Waals surface area contributed by atoms with Gasteiger partial charge in [-0.3, -0.25) is 9.78 Å². The third-order valence-electron chi connectivity index (χ3n) is 2.31. The lowest BCUT2D eigenvalue weighted by molar-refractivity contribution is 0.0993. The highest BCUT2D eigenvalue weighted by molar-refractivity contribution is 9.10. The van der Waals surface area contributed by atoms with E-state index in [0.717, 1.165) is 5.69 Å². The topological polar surface area (TPSA) is 46.1 Å². The summed E-state index contributed by atoms with van der Waals surface area (Å²) in [6, 6.07) is 7.00. The Morgan fingerprint density at radius 1 is 1.35 bits per heavy atom. The van der Waals surface area contributed by atoms with E-state index >= 15 is 0 Å². The van der Waals surface area contributed by atoms with Gasteiger partial charge in [0.15, 0.2) is 0 Å². The molecule has 0 unspecified atom stereocenters. The van der Waals surface area contributed by atoms with Gasteiger partial charge >= 0.3 is 0 Å². The number of halogens is 1. The van der Waals surface area contributed by atoms with E-state index in [9.17, 15) is 4.79 Å². The number of carbonyl (C=O) groups excluding carboxylic acids is 1. The lowest BCUT2D eigenvalue weighted by Crippen LogP contribution is -2.26. The van der Waals surface area contributed by atoms with Crippen molar-refractivity contribution in [2.75, 3.05) is 11.9 Å². The number of pyridine rings is 2. The van der Waals surface area contributed by atoms with Crippen LogP contribution in [0.25, 0.3) is 0 Å². The van der Waals surface area contributed by atoms with Crippen molar-refractivity contribution in [1.82, 2.24) is 9.97 Å². The smallest absolute Gasteiger partial charge is 0.258 e. The highest BCUT2D eigenvalue weighted by atomic mass is 79.9. The number of rotatable bonds is 2. The van der Waals surface area contributed by atoms with E-state index in [-0.39, 0.29) is 5.91 Å². The molecule has 0 spiro atoms. The average Bonchev–Trinajstić information content (AvgIpc) is 2.38. The molecule has 1 amide bonds. The fourth-order valence-corrected chi connectivity index (χ4v) is 1.76. The first kappa shape index (κ1) is 11.7. The molecule has 17 heavy (non-hydrogen) atoms. The van der Waals surface area contributed by atoms with Gasteiger partial charge in [0.05, 0.1) is 11.9 Å². The number of hydrogen-bond acceptors (Lipinski definition) is 3. The van der Waals surface area contributed by atoms with Crippen LogP contribution in [0, 0.1) is 0 Å². The summed E-state index contributed by atoms with van der Waals surface area (Å²) >= 11 is 3.24. The fraction of sp³-hybridized carbons (Fsp3) is 0.0833. The van der Waals surface area contributed by atoms with Gasteiger partial charge < -0.3 is 4.90 Å². The van der Waals surface area contributed by atoms with E-state index in [0.29, 0.717) is 10.2 Å². The second-order valence-corrected chi connectivity index (χ2v) is 4.26. The molecule has 0 aliphatic carbocycles. The zero-order valence-corrected chi connectivity index (χ0v) is 10.8. The fourth-order valence-electron chi connectivity index (χ4n) is 1.40. The number of anilines is 1. The van der Waals surface area contributed by atoms with Gasteiger partial charge in [0.25, 0.3) is 5.91 Å². The van der Waals surface area contributed by atoms with E-state index in [1.807, 2.05) is 6.07 Å². The standard InChI is InChI=1S/C12H10BrN3O/c1-16(10-3-2-5-14-8-10)12(17)9-4-6-15-11(13)7-9/h2-8H,1H3. The largest absolute Gasteiger partial charge is 0.310 e. The third-order valence-corrected chi connectivity index (χ3v) is 2.75. The summed E-state index contributed by atoms with van der Waals surface area (Å²) in [6.45, 7) is 0. The summed E-state index contributed by atoms with van der Waals surface area (Å²) in [6.07, 6.45) is 4.91. The van der Waals surface area contributed by atoms with Gasteiger partial charge in [0, 0.05) is 25.0 Å². The molecular formula is C12H10BrN3O. The van der Waals surface area contributed by atoms with Crippen molar-refractivity contribution in [3.05, 3.63) is 53.0 Å². The monoisotopic (exact) mass is 291 g/mol. The van der Waals surface area contributed by atoms with E-state index in [4.69, 9.17) is 0 Å². The molecule has 0 N–H and O–H groups in total. The predicted octanol–water partition coefficient (Wildman–Crippen LogP) is 2.52. The average molecular weight is 292 g/mol. The quantitative estimate of drug-likeness (QED) is 0.799. The highest BCUT2D eigenvalue weighted by Gasteiger charge is 2.13. The second kappa shape index (κ2) is 5.05. The Hall–Kier alpha value is -1.75. The van der Waals surface area contributed by atoms with Crippen molar-refractivity contribution in [2.24, 2.45) is 0 Å². The van der Waals surface area contributed by atoms with Crippen LogP contribution >= 0.6 is 15.9 Å². The van der Waals surface area contributed by atoms with Crippen molar-refractivity contribution in [2.45, 2.75) is 0 Å². The zero-order chi connectivity index (χ0) is 12.3. The van der Waals surface area contributed by atoms with Crippen LogP contribution < -0.4 is 4.90 Å². The Labute approximate surface area is 107 Å². The molecular weight excluding hydrogens is 282 g/mol. The summed E-state index contributed by atoms with van der Waals surface area (Å²) in [5.41, 5.74) is 1.34. The molecule has 5 heteroatoms. The predicted molar refractivity (Wildman–Crippen MR) is 68.9 cm³/mol. The van der Waals surface area contributed by atoms with Gasteiger partial charge in [-0.05, 0) is 40.2 Å². The first-order chi connectivity index (χ1) is 8.18. The molecule has 2 aromatic rings. The first-order valence-corrected chi connectivity index (χ1v) is 5.77. The van der Waals surface area contributed by atoms with Crippen molar-refractivity contribution in [3.8, 4) is 0 Å². The number of carbonyl (C=O) groups is 1. The van der Waals surface area contributed by atoms with Crippen LogP contribution in [0.15, 0.2) is 47.5 Å². The van der Waals surface area contributed by atoms with Crippen molar-refractivity contribution >= 4 is 27.5 Å². The van der Waals surface area contributed by atoms with Crippen LogP contribution in [-0.4, -0.2) is 22.9 Å². The maximum absolute atomic E-state index is 12.1. The van der Waals surface area contributed by atoms with Gasteiger partial charge in [0.1, 0.15) is 4.60 Å². The molecule has 0 radical (unpaired) electrons. The van der Waals surface area contributed by atoms with Gasteiger partial charge in [-0.1, -0.05) is 0 Å². The van der Waals surface area contributed by atoms with Crippen LogP contribution in [-0.2, 0) is 0 Å². The minimum absolute atomic E-state index is 0.0962. The molecule has 0 saturated heterocycles. The van der Waals surface area contributed by atoms with Gasteiger partial charge in [-0.15, -0.1) is 0 Å². The zero-order valence-electron chi connectivity index (χ0n) is 9.17. The lowest BCUT2D eigenvalue weighted by Gasteiger charge is -2.16. The third kappa shape index (κ3) is 2.68. The molecule has 0 aliphatic heterocycles. The summed E-state index contributed by atoms with van der Waals surface area (Å²) in [4.78, 5) is 21.7. The lowest BCUT2D eigenvalue weighted by atomic mass is 10.2. The van der Waals surface area contributed by atoms with Crippen molar-refractivity contribution in [1.29, 1.82) is 0 Å². The van der Waals surface area contributed by atoms with Crippen LogP contribution in [0.5, 0.6) is 0 Å². The minimum atomic E-state index is -0.0962. The molecule has 4 nitrogen and oxygen atoms in total. The molecule has 2 rings (SSSR count). The van der Waals surface area contributed by atoms with E-state index < -0.39 is 0 Å². The molecule has 0 bridgehead atoms. The Kier molecular flexibility index (Phi) is 3.49. The maximum Gasteiger partial charge on any atom is 0.258 e. The second-order valence-electron chi connectivity index (χ2n) is 3.44. The first-order valence-electron chi connectivity index (χ1n) is 4.98. The van der Waals surface area contributed by atoms with E-state index in [1.54, 1.807) is 48.7 Å². The molecule has 2 heterocycles. The summed E-state index contributed by atoms with van der Waals surface area (Å²) in [5.74, 6) is -0.0962. The number of aromatic nitrogens is 2. The SMILES string of the molecule is CN(C(=O)c1ccnc(Br)c1)c1cccnc1. The van der Waals surface area contributed by atoms with Crippen LogP contribution in [0.2, 0.25) is 0 Å². The number of nitrogens with zero attached hydrogens (tertiary/aromatic N) is 3. The molecule has 0 fully saturated rings. The van der Waals surface area contributed by atoms with Gasteiger partial charge in [0.2, 0.25) is 0 Å². The molecule has 2 aromatic heterocycles. The maximum atomic E-state index is 12.1. The summed E-state index contributed by atoms with van der Waals surface area (Å²) in [7, 11) is 1.72. The van der Waals surface area contributed by atoms with E-state index in [1.165, 1.54) is 0 Å². The molecule has 0 aromatic carbocycles. The Balaban J connectivity index is 2.27. The van der Waals surface area contributed by atoms with Crippen molar-refractivity contribution < 1.29 is 4.79 Å². The number of hydrogen-bond donors (Lipinski definition) is 0. The van der Waals surface area contributed by atoms with Crippen molar-refractivity contribution in [3.63, 3.8) is 0 Å². The summed E-state index contributed by atoms with van der Waals surface area (Å²) in [5, 5.41) is 0. The van der Waals surface area contributed by atoms with Crippen LogP contribution in [0.1, 0.15) is 10.4 Å². The van der Waals surface area contributed by atoms with Crippen LogP contribution in [0.4, 0.5) is 5.69 Å². The summed E-state index contributed by atoms with van der Waals surface area (Å²) < 4.78 is 0.642. The highest BCUT2D eigenvalue weighted by Crippen LogP contribution is 2.15. The molecule has 86 valence electrons. The molecule has 0 aliphatic rings. The molecule has 0 atom stereocenters.